The van der Waals surface area contributed by atoms with Gasteiger partial charge in [0.1, 0.15) is 23.2 Å². The van der Waals surface area contributed by atoms with Crippen molar-refractivity contribution < 1.29 is 18.4 Å². The molecule has 2 rings (SSSR count). The van der Waals surface area contributed by atoms with Gasteiger partial charge in [-0.2, -0.15) is 0 Å². The number of nitro groups is 1. The maximum absolute atomic E-state index is 13.6. The van der Waals surface area contributed by atoms with E-state index in [-0.39, 0.29) is 17.1 Å². The summed E-state index contributed by atoms with van der Waals surface area (Å²) >= 11 is 0. The summed E-state index contributed by atoms with van der Waals surface area (Å²) in [5, 5.41) is 18.2. The smallest absolute Gasteiger partial charge is 0.314 e. The molecule has 0 unspecified atom stereocenters. The molecule has 108 valence electrons. The van der Waals surface area contributed by atoms with Crippen LogP contribution in [0.25, 0.3) is 0 Å². The minimum absolute atomic E-state index is 0.169. The Balaban J connectivity index is 2.51. The third-order valence-electron chi connectivity index (χ3n) is 2.58. The van der Waals surface area contributed by atoms with Gasteiger partial charge in [0, 0.05) is 0 Å². The first-order valence-electron chi connectivity index (χ1n) is 5.65. The molecule has 0 bridgehead atoms. The van der Waals surface area contributed by atoms with Crippen LogP contribution in [0.15, 0.2) is 36.4 Å². The first-order chi connectivity index (χ1) is 9.90. The van der Waals surface area contributed by atoms with E-state index in [9.17, 15) is 18.9 Å². The highest BCUT2D eigenvalue weighted by Crippen LogP contribution is 2.33. The van der Waals surface area contributed by atoms with Crippen LogP contribution in [0.5, 0.6) is 11.5 Å². The van der Waals surface area contributed by atoms with Gasteiger partial charge < -0.3 is 10.5 Å². The van der Waals surface area contributed by atoms with Crippen molar-refractivity contribution in [3.05, 3.63) is 63.7 Å². The summed E-state index contributed by atoms with van der Waals surface area (Å²) in [7, 11) is 0. The van der Waals surface area contributed by atoms with Gasteiger partial charge in [-0.15, -0.1) is 0 Å². The summed E-state index contributed by atoms with van der Waals surface area (Å²) in [6.45, 7) is 0. The molecule has 0 aliphatic carbocycles. The molecule has 0 atom stereocenters. The largest absolute Gasteiger partial charge is 0.449 e. The molecule has 2 aromatic rings. The van der Waals surface area contributed by atoms with E-state index >= 15 is 0 Å². The fourth-order valence-corrected chi connectivity index (χ4v) is 1.69. The Kier molecular flexibility index (Phi) is 3.79. The maximum Gasteiger partial charge on any atom is 0.314 e. The van der Waals surface area contributed by atoms with E-state index in [0.717, 1.165) is 18.2 Å². The van der Waals surface area contributed by atoms with Crippen molar-refractivity contribution >= 4 is 11.5 Å². The number of benzene rings is 2. The van der Waals surface area contributed by atoms with E-state index in [0.29, 0.717) is 6.07 Å². The van der Waals surface area contributed by atoms with Crippen LogP contribution in [0.3, 0.4) is 0 Å². The minimum atomic E-state index is -0.828. The first-order valence-corrected chi connectivity index (χ1v) is 5.65. The number of hydrogen-bond donors (Lipinski definition) is 2. The normalized spacial score (nSPS) is 10.2. The van der Waals surface area contributed by atoms with Crippen molar-refractivity contribution in [2.75, 3.05) is 0 Å². The second-order valence-corrected chi connectivity index (χ2v) is 4.00. The van der Waals surface area contributed by atoms with E-state index in [1.165, 1.54) is 12.1 Å². The molecule has 0 heterocycles. The molecule has 0 saturated heterocycles. The molecule has 0 amide bonds. The molecule has 6 nitrogen and oxygen atoms in total. The monoisotopic (exact) mass is 293 g/mol. The molecule has 8 heteroatoms. The molecule has 2 aromatic carbocycles. The number of ether oxygens (including phenoxy) is 1. The SMILES string of the molecule is N=C(N)c1c(F)cccc1Oc1ccc(F)cc1[N+](=O)[O-]. The van der Waals surface area contributed by atoms with E-state index in [2.05, 4.69) is 0 Å². The fourth-order valence-electron chi connectivity index (χ4n) is 1.69. The van der Waals surface area contributed by atoms with Gasteiger partial charge in [0.05, 0.1) is 16.6 Å². The van der Waals surface area contributed by atoms with Crippen molar-refractivity contribution in [3.8, 4) is 11.5 Å². The number of amidine groups is 1. The quantitative estimate of drug-likeness (QED) is 0.391. The summed E-state index contributed by atoms with van der Waals surface area (Å²) in [6.07, 6.45) is 0. The van der Waals surface area contributed by atoms with Gasteiger partial charge in [0.2, 0.25) is 5.75 Å². The third kappa shape index (κ3) is 2.94. The van der Waals surface area contributed by atoms with Gasteiger partial charge in [0.25, 0.3) is 0 Å². The van der Waals surface area contributed by atoms with Gasteiger partial charge in [0.15, 0.2) is 0 Å². The summed E-state index contributed by atoms with van der Waals surface area (Å²) in [5.41, 5.74) is 4.32. The number of nitro benzene ring substituents is 1. The molecule has 0 radical (unpaired) electrons. The standard InChI is InChI=1S/C13H9F2N3O3/c14-7-4-5-10(9(6-7)18(19)20)21-11-3-1-2-8(15)12(11)13(16)17/h1-6H,(H3,16,17). The summed E-state index contributed by atoms with van der Waals surface area (Å²) in [4.78, 5) is 10.0. The van der Waals surface area contributed by atoms with E-state index < -0.39 is 28.1 Å². The zero-order chi connectivity index (χ0) is 15.6. The van der Waals surface area contributed by atoms with Crippen LogP contribution in [-0.4, -0.2) is 10.8 Å². The van der Waals surface area contributed by atoms with Crippen LogP contribution in [0.1, 0.15) is 5.56 Å². The number of halogens is 2. The van der Waals surface area contributed by atoms with E-state index in [1.807, 2.05) is 0 Å². The highest BCUT2D eigenvalue weighted by Gasteiger charge is 2.20. The Hall–Kier alpha value is -3.03. The number of nitrogens with zero attached hydrogens (tertiary/aromatic N) is 1. The molecular formula is C13H9F2N3O3. The van der Waals surface area contributed by atoms with Crippen molar-refractivity contribution in [1.29, 1.82) is 5.41 Å². The van der Waals surface area contributed by atoms with Crippen LogP contribution < -0.4 is 10.5 Å². The Morgan fingerprint density at radius 2 is 1.95 bits per heavy atom. The average molecular weight is 293 g/mol. The lowest BCUT2D eigenvalue weighted by Crippen LogP contribution is -2.14. The lowest BCUT2D eigenvalue weighted by Gasteiger charge is -2.11. The molecule has 0 saturated carbocycles. The zero-order valence-electron chi connectivity index (χ0n) is 10.5. The van der Waals surface area contributed by atoms with Gasteiger partial charge in [-0.3, -0.25) is 15.5 Å². The van der Waals surface area contributed by atoms with Crippen molar-refractivity contribution in [2.24, 2.45) is 5.73 Å². The predicted octanol–water partition coefficient (Wildman–Crippen LogP) is 2.95. The van der Waals surface area contributed by atoms with E-state index in [4.69, 9.17) is 15.9 Å². The molecule has 3 N–H and O–H groups in total. The Labute approximate surface area is 117 Å². The topological polar surface area (TPSA) is 102 Å². The number of nitrogen functional groups attached to an aromatic ring is 1. The van der Waals surface area contributed by atoms with Crippen molar-refractivity contribution in [1.82, 2.24) is 0 Å². The van der Waals surface area contributed by atoms with Gasteiger partial charge >= 0.3 is 5.69 Å². The Bertz CT molecular complexity index is 735. The Morgan fingerprint density at radius 1 is 1.24 bits per heavy atom. The van der Waals surface area contributed by atoms with Crippen LogP contribution in [0, 0.1) is 27.2 Å². The molecule has 0 fully saturated rings. The number of nitrogens with two attached hydrogens (primary N) is 1. The molecular weight excluding hydrogens is 284 g/mol. The lowest BCUT2D eigenvalue weighted by molar-refractivity contribution is -0.385. The third-order valence-corrected chi connectivity index (χ3v) is 2.58. The second kappa shape index (κ2) is 5.53. The highest BCUT2D eigenvalue weighted by atomic mass is 19.1. The number of hydrogen-bond acceptors (Lipinski definition) is 4. The van der Waals surface area contributed by atoms with Crippen LogP contribution in [0.4, 0.5) is 14.5 Å². The first kappa shape index (κ1) is 14.4. The van der Waals surface area contributed by atoms with Crippen LogP contribution in [-0.2, 0) is 0 Å². The summed E-state index contributed by atoms with van der Waals surface area (Å²) in [5.74, 6) is -2.65. The maximum atomic E-state index is 13.6. The summed E-state index contributed by atoms with van der Waals surface area (Å²) in [6, 6.07) is 6.36. The zero-order valence-corrected chi connectivity index (χ0v) is 10.5. The van der Waals surface area contributed by atoms with E-state index in [1.54, 1.807) is 0 Å². The van der Waals surface area contributed by atoms with Crippen molar-refractivity contribution in [3.63, 3.8) is 0 Å². The number of rotatable bonds is 4. The number of nitrogens with one attached hydrogen (secondary N) is 1. The minimum Gasteiger partial charge on any atom is -0.449 e. The molecule has 0 aromatic heterocycles. The van der Waals surface area contributed by atoms with Gasteiger partial charge in [-0.05, 0) is 24.3 Å². The summed E-state index contributed by atoms with van der Waals surface area (Å²) < 4.78 is 31.9. The fraction of sp³-hybridized carbons (Fsp3) is 0. The molecule has 0 aliphatic heterocycles. The van der Waals surface area contributed by atoms with Crippen LogP contribution in [0.2, 0.25) is 0 Å². The van der Waals surface area contributed by atoms with Crippen LogP contribution >= 0.6 is 0 Å². The lowest BCUT2D eigenvalue weighted by atomic mass is 10.1. The van der Waals surface area contributed by atoms with Gasteiger partial charge in [-0.1, -0.05) is 6.07 Å². The predicted molar refractivity (Wildman–Crippen MR) is 70.5 cm³/mol. The Morgan fingerprint density at radius 3 is 2.57 bits per heavy atom. The second-order valence-electron chi connectivity index (χ2n) is 4.00. The molecule has 0 aliphatic rings. The molecule has 21 heavy (non-hydrogen) atoms. The average Bonchev–Trinajstić information content (AvgIpc) is 2.40. The van der Waals surface area contributed by atoms with Gasteiger partial charge in [-0.25, -0.2) is 8.78 Å². The van der Waals surface area contributed by atoms with Crippen molar-refractivity contribution in [2.45, 2.75) is 0 Å². The highest BCUT2D eigenvalue weighted by molar-refractivity contribution is 5.98. The molecule has 0 spiro atoms.